The Kier molecular flexibility index (Phi) is 4.92. The number of rotatable bonds is 4. The van der Waals surface area contributed by atoms with Crippen molar-refractivity contribution in [2.75, 3.05) is 0 Å². The van der Waals surface area contributed by atoms with E-state index >= 15 is 0 Å². The predicted octanol–water partition coefficient (Wildman–Crippen LogP) is 5.62. The lowest BCUT2D eigenvalue weighted by atomic mass is 10.0. The number of aliphatic hydroxyl groups excluding tert-OH is 1. The molecule has 2 nitrogen and oxygen atoms in total. The second-order valence-electron chi connectivity index (χ2n) is 5.61. The van der Waals surface area contributed by atoms with Crippen LogP contribution >= 0.6 is 11.6 Å². The Labute approximate surface area is 131 Å². The van der Waals surface area contributed by atoms with Gasteiger partial charge in [-0.1, -0.05) is 43.6 Å². The first-order valence-electron chi connectivity index (χ1n) is 7.15. The highest BCUT2D eigenvalue weighted by molar-refractivity contribution is 6.31. The van der Waals surface area contributed by atoms with Crippen LogP contribution in [0.2, 0.25) is 5.02 Å². The summed E-state index contributed by atoms with van der Waals surface area (Å²) in [5, 5.41) is 10.6. The first kappa shape index (κ1) is 15.9. The molecule has 0 spiro atoms. The molecule has 0 amide bonds. The van der Waals surface area contributed by atoms with Gasteiger partial charge in [0.1, 0.15) is 11.5 Å². The summed E-state index contributed by atoms with van der Waals surface area (Å²) in [6, 6.07) is 11.4. The molecule has 2 rings (SSSR count). The Morgan fingerprint density at radius 2 is 1.67 bits per heavy atom. The molecular weight excluding hydrogens is 284 g/mol. The van der Waals surface area contributed by atoms with Gasteiger partial charge in [0.2, 0.25) is 0 Å². The SMILES string of the molecule is Cc1cc(Cl)c(C(C)C)cc1Oc1ccccc1[C@H](C)O. The first-order chi connectivity index (χ1) is 9.90. The lowest BCUT2D eigenvalue weighted by Crippen LogP contribution is -1.98. The van der Waals surface area contributed by atoms with E-state index < -0.39 is 6.10 Å². The molecule has 0 unspecified atom stereocenters. The van der Waals surface area contributed by atoms with E-state index in [0.717, 1.165) is 27.5 Å². The standard InChI is InChI=1S/C18H21ClO2/c1-11(2)15-10-18(12(3)9-16(15)19)21-17-8-6-5-7-14(17)13(4)20/h5-11,13,20H,1-4H3/t13-/m0/s1. The fraction of sp³-hybridized carbons (Fsp3) is 0.333. The largest absolute Gasteiger partial charge is 0.457 e. The Balaban J connectivity index is 2.43. The van der Waals surface area contributed by atoms with Crippen LogP contribution < -0.4 is 4.74 Å². The molecule has 0 saturated carbocycles. The molecule has 21 heavy (non-hydrogen) atoms. The van der Waals surface area contributed by atoms with Gasteiger partial charge in [-0.3, -0.25) is 0 Å². The van der Waals surface area contributed by atoms with Crippen LogP contribution in [0.15, 0.2) is 36.4 Å². The molecule has 0 aliphatic rings. The van der Waals surface area contributed by atoms with E-state index in [1.807, 2.05) is 43.3 Å². The van der Waals surface area contributed by atoms with Crippen LogP contribution in [-0.2, 0) is 0 Å². The zero-order valence-electron chi connectivity index (χ0n) is 12.9. The Morgan fingerprint density at radius 3 is 2.29 bits per heavy atom. The van der Waals surface area contributed by atoms with Gasteiger partial charge in [-0.2, -0.15) is 0 Å². The molecular formula is C18H21ClO2. The van der Waals surface area contributed by atoms with Gasteiger partial charge in [-0.15, -0.1) is 0 Å². The minimum Gasteiger partial charge on any atom is -0.457 e. The highest BCUT2D eigenvalue weighted by Gasteiger charge is 2.13. The van der Waals surface area contributed by atoms with Crippen LogP contribution in [-0.4, -0.2) is 5.11 Å². The fourth-order valence-electron chi connectivity index (χ4n) is 2.26. The van der Waals surface area contributed by atoms with E-state index in [9.17, 15) is 5.11 Å². The molecule has 2 aromatic carbocycles. The number of halogens is 1. The molecule has 1 atom stereocenters. The van der Waals surface area contributed by atoms with Gasteiger partial charge in [-0.25, -0.2) is 0 Å². The van der Waals surface area contributed by atoms with Crippen molar-refractivity contribution in [3.63, 3.8) is 0 Å². The van der Waals surface area contributed by atoms with Gasteiger partial charge < -0.3 is 9.84 Å². The first-order valence-corrected chi connectivity index (χ1v) is 7.52. The number of benzene rings is 2. The molecule has 2 aromatic rings. The average molecular weight is 305 g/mol. The maximum absolute atomic E-state index is 9.84. The molecule has 3 heteroatoms. The lowest BCUT2D eigenvalue weighted by Gasteiger charge is -2.17. The summed E-state index contributed by atoms with van der Waals surface area (Å²) in [5.41, 5.74) is 2.81. The molecule has 0 fully saturated rings. The van der Waals surface area contributed by atoms with Gasteiger partial charge in [-0.05, 0) is 49.1 Å². The third-order valence-electron chi connectivity index (χ3n) is 3.51. The fourth-order valence-corrected chi connectivity index (χ4v) is 2.69. The number of ether oxygens (including phenoxy) is 1. The monoisotopic (exact) mass is 304 g/mol. The average Bonchev–Trinajstić information content (AvgIpc) is 2.41. The van der Waals surface area contributed by atoms with E-state index in [4.69, 9.17) is 16.3 Å². The third-order valence-corrected chi connectivity index (χ3v) is 3.83. The summed E-state index contributed by atoms with van der Waals surface area (Å²) in [4.78, 5) is 0. The molecule has 0 bridgehead atoms. The van der Waals surface area contributed by atoms with Crippen LogP contribution in [0.4, 0.5) is 0 Å². The van der Waals surface area contributed by atoms with Crippen LogP contribution in [0.5, 0.6) is 11.5 Å². The Hall–Kier alpha value is -1.51. The third kappa shape index (κ3) is 3.58. The molecule has 0 radical (unpaired) electrons. The van der Waals surface area contributed by atoms with Crippen LogP contribution in [0, 0.1) is 6.92 Å². The summed E-state index contributed by atoms with van der Waals surface area (Å²) in [6.07, 6.45) is -0.571. The number of aryl methyl sites for hydroxylation is 1. The van der Waals surface area contributed by atoms with Crippen molar-refractivity contribution in [1.29, 1.82) is 0 Å². The van der Waals surface area contributed by atoms with Gasteiger partial charge in [0, 0.05) is 10.6 Å². The zero-order valence-corrected chi connectivity index (χ0v) is 13.6. The van der Waals surface area contributed by atoms with Crippen molar-refractivity contribution in [1.82, 2.24) is 0 Å². The molecule has 0 saturated heterocycles. The number of para-hydroxylation sites is 1. The van der Waals surface area contributed by atoms with Crippen molar-refractivity contribution in [2.24, 2.45) is 0 Å². The Bertz CT molecular complexity index is 633. The van der Waals surface area contributed by atoms with Crippen LogP contribution in [0.1, 0.15) is 49.5 Å². The summed E-state index contributed by atoms with van der Waals surface area (Å²) >= 11 is 6.29. The smallest absolute Gasteiger partial charge is 0.133 e. The normalized spacial score (nSPS) is 12.5. The van der Waals surface area contributed by atoms with E-state index in [-0.39, 0.29) is 0 Å². The van der Waals surface area contributed by atoms with Crippen molar-refractivity contribution in [3.8, 4) is 11.5 Å². The van der Waals surface area contributed by atoms with E-state index in [0.29, 0.717) is 11.7 Å². The second kappa shape index (κ2) is 6.50. The molecule has 0 aromatic heterocycles. The summed E-state index contributed by atoms with van der Waals surface area (Å²) < 4.78 is 6.03. The second-order valence-corrected chi connectivity index (χ2v) is 6.02. The van der Waals surface area contributed by atoms with E-state index in [2.05, 4.69) is 13.8 Å². The summed E-state index contributed by atoms with van der Waals surface area (Å²) in [7, 11) is 0. The van der Waals surface area contributed by atoms with Gasteiger partial charge >= 0.3 is 0 Å². The molecule has 0 aliphatic heterocycles. The summed E-state index contributed by atoms with van der Waals surface area (Å²) in [6.45, 7) is 7.90. The lowest BCUT2D eigenvalue weighted by molar-refractivity contribution is 0.195. The highest BCUT2D eigenvalue weighted by Crippen LogP contribution is 2.35. The van der Waals surface area contributed by atoms with Gasteiger partial charge in [0.15, 0.2) is 0 Å². The quantitative estimate of drug-likeness (QED) is 0.794. The van der Waals surface area contributed by atoms with E-state index in [1.165, 1.54) is 0 Å². The van der Waals surface area contributed by atoms with Crippen molar-refractivity contribution in [3.05, 3.63) is 58.1 Å². The van der Waals surface area contributed by atoms with Gasteiger partial charge in [0.25, 0.3) is 0 Å². The Morgan fingerprint density at radius 1 is 1.00 bits per heavy atom. The van der Waals surface area contributed by atoms with Crippen molar-refractivity contribution in [2.45, 2.75) is 39.7 Å². The molecule has 112 valence electrons. The maximum Gasteiger partial charge on any atom is 0.133 e. The zero-order chi connectivity index (χ0) is 15.6. The summed E-state index contributed by atoms with van der Waals surface area (Å²) in [5.74, 6) is 1.77. The number of hydrogen-bond acceptors (Lipinski definition) is 2. The van der Waals surface area contributed by atoms with Crippen molar-refractivity contribution < 1.29 is 9.84 Å². The predicted molar refractivity (Wildman–Crippen MR) is 87.4 cm³/mol. The molecule has 0 aliphatic carbocycles. The minimum atomic E-state index is -0.571. The topological polar surface area (TPSA) is 29.5 Å². The maximum atomic E-state index is 9.84. The van der Waals surface area contributed by atoms with Gasteiger partial charge in [0.05, 0.1) is 6.10 Å². The van der Waals surface area contributed by atoms with Crippen LogP contribution in [0.25, 0.3) is 0 Å². The number of aliphatic hydroxyl groups is 1. The van der Waals surface area contributed by atoms with Crippen LogP contribution in [0.3, 0.4) is 0 Å². The van der Waals surface area contributed by atoms with E-state index in [1.54, 1.807) is 6.92 Å². The highest BCUT2D eigenvalue weighted by atomic mass is 35.5. The van der Waals surface area contributed by atoms with Crippen molar-refractivity contribution >= 4 is 11.6 Å². The number of hydrogen-bond donors (Lipinski definition) is 1. The molecule has 1 N–H and O–H groups in total. The molecule has 0 heterocycles. The minimum absolute atomic E-state index is 0.326.